The van der Waals surface area contributed by atoms with E-state index in [1.54, 1.807) is 48.5 Å². The van der Waals surface area contributed by atoms with Crippen LogP contribution in [-0.4, -0.2) is 26.7 Å². The van der Waals surface area contributed by atoms with Gasteiger partial charge in [-0.05, 0) is 79.2 Å². The maximum atomic E-state index is 13.6. The van der Waals surface area contributed by atoms with Crippen LogP contribution in [0.25, 0.3) is 22.3 Å². The lowest BCUT2D eigenvalue weighted by Gasteiger charge is -2.14. The standard InChI is InChI=1S/C32H26ClNO7/c1-19-15-27-24(17-25(19)33)30(36)32(31(41-27)20-9-14-26(37-2)28(16-20)38-3)39-18-29(35)34-21-10-12-23(13-11-21)40-22-7-5-4-6-8-22/h4-17H,18H2,1-3H3,(H,34,35). The van der Waals surface area contributed by atoms with Crippen LogP contribution in [0.4, 0.5) is 5.69 Å². The number of hydrogen-bond acceptors (Lipinski definition) is 7. The van der Waals surface area contributed by atoms with Crippen molar-refractivity contribution in [1.29, 1.82) is 0 Å². The number of hydrogen-bond donors (Lipinski definition) is 1. The van der Waals surface area contributed by atoms with Gasteiger partial charge in [-0.15, -0.1) is 0 Å². The van der Waals surface area contributed by atoms with Gasteiger partial charge in [-0.2, -0.15) is 0 Å². The molecule has 0 aliphatic heterocycles. The fraction of sp³-hybridized carbons (Fsp3) is 0.125. The van der Waals surface area contributed by atoms with Crippen molar-refractivity contribution in [3.05, 3.63) is 106 Å². The molecule has 0 radical (unpaired) electrons. The molecule has 1 aromatic heterocycles. The molecule has 0 atom stereocenters. The highest BCUT2D eigenvalue weighted by Gasteiger charge is 2.21. The molecular weight excluding hydrogens is 546 g/mol. The van der Waals surface area contributed by atoms with Crippen LogP contribution in [0.1, 0.15) is 5.56 Å². The molecule has 0 bridgehead atoms. The van der Waals surface area contributed by atoms with Crippen LogP contribution in [-0.2, 0) is 4.79 Å². The number of carbonyl (C=O) groups excluding carboxylic acids is 1. The van der Waals surface area contributed by atoms with Crippen LogP contribution < -0.4 is 29.7 Å². The summed E-state index contributed by atoms with van der Waals surface area (Å²) in [5.74, 6) is 1.79. The maximum Gasteiger partial charge on any atom is 0.262 e. The summed E-state index contributed by atoms with van der Waals surface area (Å²) in [4.78, 5) is 26.4. The van der Waals surface area contributed by atoms with E-state index in [0.29, 0.717) is 44.9 Å². The first-order valence-corrected chi connectivity index (χ1v) is 13.0. The summed E-state index contributed by atoms with van der Waals surface area (Å²) in [5, 5.41) is 3.40. The fourth-order valence-electron chi connectivity index (χ4n) is 4.16. The number of rotatable bonds is 9. The number of anilines is 1. The zero-order valence-corrected chi connectivity index (χ0v) is 23.3. The average molecular weight is 572 g/mol. The van der Waals surface area contributed by atoms with Crippen molar-refractivity contribution in [3.8, 4) is 40.1 Å². The van der Waals surface area contributed by atoms with Gasteiger partial charge in [0.25, 0.3) is 5.91 Å². The molecule has 0 aliphatic carbocycles. The molecule has 0 aliphatic rings. The Morgan fingerprint density at radius 1 is 0.878 bits per heavy atom. The second-order valence-electron chi connectivity index (χ2n) is 9.03. The van der Waals surface area contributed by atoms with E-state index >= 15 is 0 Å². The zero-order chi connectivity index (χ0) is 28.9. The van der Waals surface area contributed by atoms with Crippen molar-refractivity contribution in [1.82, 2.24) is 0 Å². The van der Waals surface area contributed by atoms with Gasteiger partial charge in [0.1, 0.15) is 17.1 Å². The van der Waals surface area contributed by atoms with Crippen LogP contribution in [0.5, 0.6) is 28.7 Å². The molecule has 0 unspecified atom stereocenters. The Hall–Kier alpha value is -4.95. The number of aryl methyl sites for hydroxylation is 1. The highest BCUT2D eigenvalue weighted by molar-refractivity contribution is 6.32. The Morgan fingerprint density at radius 2 is 1.59 bits per heavy atom. The number of ether oxygens (including phenoxy) is 4. The summed E-state index contributed by atoms with van der Waals surface area (Å²) in [6.45, 7) is 1.37. The monoisotopic (exact) mass is 571 g/mol. The molecule has 9 heteroatoms. The van der Waals surface area contributed by atoms with Crippen LogP contribution >= 0.6 is 11.6 Å². The van der Waals surface area contributed by atoms with Crippen molar-refractivity contribution in [2.75, 3.05) is 26.1 Å². The molecule has 0 spiro atoms. The quantitative estimate of drug-likeness (QED) is 0.199. The predicted molar refractivity (Wildman–Crippen MR) is 158 cm³/mol. The van der Waals surface area contributed by atoms with Crippen molar-refractivity contribution in [2.45, 2.75) is 6.92 Å². The van der Waals surface area contributed by atoms with Gasteiger partial charge in [-0.1, -0.05) is 29.8 Å². The third-order valence-electron chi connectivity index (χ3n) is 6.24. The summed E-state index contributed by atoms with van der Waals surface area (Å²) < 4.78 is 28.5. The van der Waals surface area contributed by atoms with Gasteiger partial charge in [0.2, 0.25) is 11.2 Å². The summed E-state index contributed by atoms with van der Waals surface area (Å²) in [7, 11) is 3.03. The Kier molecular flexibility index (Phi) is 8.12. The summed E-state index contributed by atoms with van der Waals surface area (Å²) in [6.07, 6.45) is 0. The fourth-order valence-corrected chi connectivity index (χ4v) is 4.33. The minimum atomic E-state index is -0.471. The molecule has 1 amide bonds. The number of amides is 1. The minimum absolute atomic E-state index is 0.133. The Balaban J connectivity index is 1.40. The smallest absolute Gasteiger partial charge is 0.262 e. The maximum absolute atomic E-state index is 13.6. The van der Waals surface area contributed by atoms with Gasteiger partial charge in [0.05, 0.1) is 19.6 Å². The van der Waals surface area contributed by atoms with Crippen LogP contribution in [0.15, 0.2) is 94.1 Å². The van der Waals surface area contributed by atoms with E-state index < -0.39 is 17.9 Å². The van der Waals surface area contributed by atoms with Crippen molar-refractivity contribution in [3.63, 3.8) is 0 Å². The highest BCUT2D eigenvalue weighted by Crippen LogP contribution is 2.37. The minimum Gasteiger partial charge on any atom is -0.493 e. The van der Waals surface area contributed by atoms with E-state index in [4.69, 9.17) is 35.0 Å². The lowest BCUT2D eigenvalue weighted by Crippen LogP contribution is -2.22. The largest absolute Gasteiger partial charge is 0.493 e. The molecule has 208 valence electrons. The molecule has 1 N–H and O–H groups in total. The van der Waals surface area contributed by atoms with Gasteiger partial charge in [0, 0.05) is 16.3 Å². The van der Waals surface area contributed by atoms with Crippen molar-refractivity contribution < 1.29 is 28.2 Å². The van der Waals surface area contributed by atoms with Gasteiger partial charge >= 0.3 is 0 Å². The predicted octanol–water partition coefficient (Wildman–Crippen LogP) is 7.25. The molecule has 8 nitrogen and oxygen atoms in total. The first kappa shape index (κ1) is 27.6. The van der Waals surface area contributed by atoms with Gasteiger partial charge < -0.3 is 28.7 Å². The van der Waals surface area contributed by atoms with E-state index in [2.05, 4.69) is 5.32 Å². The van der Waals surface area contributed by atoms with Crippen LogP contribution in [0.2, 0.25) is 5.02 Å². The molecule has 0 saturated heterocycles. The number of para-hydroxylation sites is 1. The van der Waals surface area contributed by atoms with E-state index in [9.17, 15) is 9.59 Å². The molecule has 0 fully saturated rings. The van der Waals surface area contributed by atoms with E-state index in [1.165, 1.54) is 20.3 Å². The van der Waals surface area contributed by atoms with Gasteiger partial charge in [0.15, 0.2) is 23.9 Å². The number of benzene rings is 4. The molecule has 5 rings (SSSR count). The van der Waals surface area contributed by atoms with Crippen molar-refractivity contribution in [2.24, 2.45) is 0 Å². The number of halogens is 1. The van der Waals surface area contributed by atoms with Crippen LogP contribution in [0.3, 0.4) is 0 Å². The molecule has 41 heavy (non-hydrogen) atoms. The second kappa shape index (κ2) is 12.1. The summed E-state index contributed by atoms with van der Waals surface area (Å²) >= 11 is 6.29. The van der Waals surface area contributed by atoms with E-state index in [-0.39, 0.29) is 16.9 Å². The lowest BCUT2D eigenvalue weighted by atomic mass is 10.1. The normalized spacial score (nSPS) is 10.7. The second-order valence-corrected chi connectivity index (χ2v) is 9.44. The Morgan fingerprint density at radius 3 is 2.29 bits per heavy atom. The van der Waals surface area contributed by atoms with E-state index in [1.807, 2.05) is 37.3 Å². The SMILES string of the molecule is COc1ccc(-c2oc3cc(C)c(Cl)cc3c(=O)c2OCC(=O)Nc2ccc(Oc3ccccc3)cc2)cc1OC. The van der Waals surface area contributed by atoms with Gasteiger partial charge in [-0.3, -0.25) is 9.59 Å². The van der Waals surface area contributed by atoms with E-state index in [0.717, 1.165) is 5.56 Å². The van der Waals surface area contributed by atoms with Gasteiger partial charge in [-0.25, -0.2) is 0 Å². The third kappa shape index (κ3) is 6.13. The van der Waals surface area contributed by atoms with Crippen molar-refractivity contribution >= 4 is 34.2 Å². The topological polar surface area (TPSA) is 96.2 Å². The average Bonchev–Trinajstić information content (AvgIpc) is 2.99. The number of carbonyl (C=O) groups is 1. The highest BCUT2D eigenvalue weighted by atomic mass is 35.5. The summed E-state index contributed by atoms with van der Waals surface area (Å²) in [6, 6.07) is 24.5. The third-order valence-corrected chi connectivity index (χ3v) is 6.65. The molecule has 4 aromatic carbocycles. The lowest BCUT2D eigenvalue weighted by molar-refractivity contribution is -0.118. The number of nitrogens with one attached hydrogen (secondary N) is 1. The first-order chi connectivity index (χ1) is 19.9. The van der Waals surface area contributed by atoms with Crippen LogP contribution in [0, 0.1) is 6.92 Å². The number of fused-ring (bicyclic) bond motifs is 1. The Bertz CT molecular complexity index is 1770. The Labute approximate surface area is 241 Å². The molecule has 0 saturated carbocycles. The zero-order valence-electron chi connectivity index (χ0n) is 22.5. The number of methoxy groups -OCH3 is 2. The first-order valence-electron chi connectivity index (χ1n) is 12.6. The molecular formula is C32H26ClNO7. The molecule has 1 heterocycles. The molecule has 5 aromatic rings. The summed E-state index contributed by atoms with van der Waals surface area (Å²) in [5.41, 5.74) is 1.64.